The molecule has 2 heterocycles. The van der Waals surface area contributed by atoms with Gasteiger partial charge < -0.3 is 4.74 Å². The maximum Gasteiger partial charge on any atom is 0.313 e. The molecule has 1 unspecified atom stereocenters. The van der Waals surface area contributed by atoms with E-state index in [1.807, 2.05) is 35.8 Å². The molecule has 3 rings (SSSR count). The first kappa shape index (κ1) is 23.8. The minimum atomic E-state index is -0.802. The van der Waals surface area contributed by atoms with E-state index in [1.165, 1.54) is 17.0 Å². The van der Waals surface area contributed by atoms with Crippen LogP contribution in [-0.2, 0) is 16.1 Å². The van der Waals surface area contributed by atoms with Crippen molar-refractivity contribution >= 4 is 11.9 Å². The second-order valence-corrected chi connectivity index (χ2v) is 8.56. The number of amides is 1. The topological polar surface area (TPSA) is 129 Å². The first-order valence-electron chi connectivity index (χ1n) is 10.4. The van der Waals surface area contributed by atoms with Gasteiger partial charge in [0.25, 0.3) is 11.5 Å². The second-order valence-electron chi connectivity index (χ2n) is 8.56. The second kappa shape index (κ2) is 9.74. The molecule has 0 fully saturated rings. The van der Waals surface area contributed by atoms with Gasteiger partial charge in [-0.1, -0.05) is 30.3 Å². The summed E-state index contributed by atoms with van der Waals surface area (Å²) >= 11 is 0. The molecule has 1 amide bonds. The van der Waals surface area contributed by atoms with E-state index >= 15 is 0 Å². The van der Waals surface area contributed by atoms with E-state index < -0.39 is 23.4 Å². The molecule has 33 heavy (non-hydrogen) atoms. The van der Waals surface area contributed by atoms with Gasteiger partial charge in [-0.3, -0.25) is 29.4 Å². The van der Waals surface area contributed by atoms with Crippen LogP contribution in [-0.4, -0.2) is 32.0 Å². The van der Waals surface area contributed by atoms with Crippen molar-refractivity contribution in [1.82, 2.24) is 20.0 Å². The number of benzene rings is 1. The highest BCUT2D eigenvalue weighted by atomic mass is 16.6. The number of hydrogen-bond acceptors (Lipinski definition) is 7. The Morgan fingerprint density at radius 2 is 1.79 bits per heavy atom. The third kappa shape index (κ3) is 5.69. The number of nitrogen functional groups attached to an aromatic ring is 1. The van der Waals surface area contributed by atoms with Gasteiger partial charge in [-0.05, 0) is 39.8 Å². The molecule has 9 heteroatoms. The summed E-state index contributed by atoms with van der Waals surface area (Å²) in [5.41, 5.74) is 2.80. The van der Waals surface area contributed by atoms with E-state index in [4.69, 9.17) is 10.6 Å². The van der Waals surface area contributed by atoms with Crippen LogP contribution in [0.3, 0.4) is 0 Å². The number of aromatic nitrogens is 3. The van der Waals surface area contributed by atoms with Gasteiger partial charge in [-0.25, -0.2) is 10.8 Å². The summed E-state index contributed by atoms with van der Waals surface area (Å²) in [6.07, 6.45) is 2.81. The standard InChI is InChI=1S/C24H27N5O4/c1-15(23(32)33-24(2,3)4)19-13-27-20(16-8-6-5-7-9-16)29(22(19)31)14-18-11-10-17(12-26-18)21(30)28-25/h5-13,15H,14,25H2,1-4H3,(H,28,30). The zero-order valence-electron chi connectivity index (χ0n) is 19.0. The first-order chi connectivity index (χ1) is 15.6. The van der Waals surface area contributed by atoms with Gasteiger partial charge in [0.05, 0.1) is 23.7 Å². The molecule has 3 aromatic rings. The average molecular weight is 450 g/mol. The number of nitrogens with two attached hydrogens (primary N) is 1. The highest BCUT2D eigenvalue weighted by Gasteiger charge is 2.26. The van der Waals surface area contributed by atoms with E-state index in [0.717, 1.165) is 5.56 Å². The Hall–Kier alpha value is -3.85. The highest BCUT2D eigenvalue weighted by Crippen LogP contribution is 2.21. The summed E-state index contributed by atoms with van der Waals surface area (Å²) in [7, 11) is 0. The lowest BCUT2D eigenvalue weighted by Crippen LogP contribution is -2.33. The van der Waals surface area contributed by atoms with E-state index in [1.54, 1.807) is 39.8 Å². The van der Waals surface area contributed by atoms with Gasteiger partial charge in [-0.2, -0.15) is 0 Å². The van der Waals surface area contributed by atoms with Crippen LogP contribution in [0.5, 0.6) is 0 Å². The lowest BCUT2D eigenvalue weighted by atomic mass is 10.0. The van der Waals surface area contributed by atoms with Crippen molar-refractivity contribution in [2.75, 3.05) is 0 Å². The third-order valence-electron chi connectivity index (χ3n) is 4.87. The van der Waals surface area contributed by atoms with Crippen LogP contribution in [0.25, 0.3) is 11.4 Å². The molecule has 0 saturated carbocycles. The van der Waals surface area contributed by atoms with E-state index in [2.05, 4.69) is 9.97 Å². The largest absolute Gasteiger partial charge is 0.460 e. The first-order valence-corrected chi connectivity index (χ1v) is 10.4. The van der Waals surface area contributed by atoms with E-state index in [0.29, 0.717) is 17.1 Å². The Labute approximate surface area is 191 Å². The summed E-state index contributed by atoms with van der Waals surface area (Å²) in [5.74, 6) is 3.82. The van der Waals surface area contributed by atoms with Crippen LogP contribution in [0.2, 0.25) is 0 Å². The number of rotatable bonds is 6. The number of nitrogens with one attached hydrogen (secondary N) is 1. The van der Waals surface area contributed by atoms with Crippen molar-refractivity contribution in [1.29, 1.82) is 0 Å². The minimum absolute atomic E-state index is 0.0927. The number of hydrazine groups is 1. The van der Waals surface area contributed by atoms with Crippen LogP contribution in [0.4, 0.5) is 0 Å². The minimum Gasteiger partial charge on any atom is -0.460 e. The molecule has 0 aliphatic heterocycles. The van der Waals surface area contributed by atoms with Crippen molar-refractivity contribution < 1.29 is 14.3 Å². The maximum atomic E-state index is 13.5. The van der Waals surface area contributed by atoms with E-state index in [-0.39, 0.29) is 17.7 Å². The molecule has 1 atom stereocenters. The number of ether oxygens (including phenoxy) is 1. The SMILES string of the molecule is CC(C(=O)OC(C)(C)C)c1cnc(-c2ccccc2)n(Cc2ccc(C(=O)NN)cn2)c1=O. The monoisotopic (exact) mass is 449 g/mol. The number of pyridine rings is 1. The summed E-state index contributed by atoms with van der Waals surface area (Å²) in [4.78, 5) is 46.6. The molecule has 3 N–H and O–H groups in total. The lowest BCUT2D eigenvalue weighted by molar-refractivity contribution is -0.156. The zero-order valence-corrected chi connectivity index (χ0v) is 19.0. The molecular weight excluding hydrogens is 422 g/mol. The van der Waals surface area contributed by atoms with Crippen LogP contribution < -0.4 is 16.8 Å². The lowest BCUT2D eigenvalue weighted by Gasteiger charge is -2.22. The molecule has 0 bridgehead atoms. The number of nitrogens with zero attached hydrogens (tertiary/aromatic N) is 3. The molecule has 0 spiro atoms. The predicted molar refractivity (Wildman–Crippen MR) is 123 cm³/mol. The Kier molecular flexibility index (Phi) is 7.03. The molecule has 2 aromatic heterocycles. The Bertz CT molecular complexity index is 1200. The summed E-state index contributed by atoms with van der Waals surface area (Å²) in [5, 5.41) is 0. The predicted octanol–water partition coefficient (Wildman–Crippen LogP) is 2.40. The van der Waals surface area contributed by atoms with Crippen molar-refractivity contribution in [3.05, 3.63) is 82.0 Å². The molecule has 0 aliphatic carbocycles. The highest BCUT2D eigenvalue weighted by molar-refractivity contribution is 5.93. The van der Waals surface area contributed by atoms with E-state index in [9.17, 15) is 14.4 Å². The maximum absolute atomic E-state index is 13.5. The zero-order chi connectivity index (χ0) is 24.2. The molecule has 172 valence electrons. The van der Waals surface area contributed by atoms with Crippen molar-refractivity contribution in [3.8, 4) is 11.4 Å². The average Bonchev–Trinajstić information content (AvgIpc) is 2.79. The summed E-state index contributed by atoms with van der Waals surface area (Å²) < 4.78 is 6.92. The van der Waals surface area contributed by atoms with Crippen molar-refractivity contribution in [2.24, 2.45) is 5.84 Å². The number of esters is 1. The Balaban J connectivity index is 2.05. The molecule has 0 radical (unpaired) electrons. The molecule has 0 saturated heterocycles. The number of carbonyl (C=O) groups is 2. The quantitative estimate of drug-likeness (QED) is 0.256. The normalized spacial score (nSPS) is 12.2. The van der Waals surface area contributed by atoms with Crippen LogP contribution >= 0.6 is 0 Å². The Morgan fingerprint density at radius 1 is 1.09 bits per heavy atom. The smallest absolute Gasteiger partial charge is 0.313 e. The van der Waals surface area contributed by atoms with Crippen LogP contribution in [0, 0.1) is 0 Å². The fourth-order valence-electron chi connectivity index (χ4n) is 3.18. The van der Waals surface area contributed by atoms with Gasteiger partial charge in [0.2, 0.25) is 0 Å². The van der Waals surface area contributed by atoms with Gasteiger partial charge in [0.15, 0.2) is 0 Å². The van der Waals surface area contributed by atoms with Gasteiger partial charge in [0, 0.05) is 23.5 Å². The van der Waals surface area contributed by atoms with Gasteiger partial charge >= 0.3 is 5.97 Å². The van der Waals surface area contributed by atoms with Crippen molar-refractivity contribution in [3.63, 3.8) is 0 Å². The number of carbonyl (C=O) groups excluding carboxylic acids is 2. The molecule has 9 nitrogen and oxygen atoms in total. The number of hydrogen-bond donors (Lipinski definition) is 2. The summed E-state index contributed by atoms with van der Waals surface area (Å²) in [6.45, 7) is 7.03. The van der Waals surface area contributed by atoms with Gasteiger partial charge in [0.1, 0.15) is 11.4 Å². The van der Waals surface area contributed by atoms with Crippen LogP contribution in [0.1, 0.15) is 55.2 Å². The molecule has 0 aliphatic rings. The van der Waals surface area contributed by atoms with Crippen molar-refractivity contribution in [2.45, 2.75) is 45.8 Å². The summed E-state index contributed by atoms with van der Waals surface area (Å²) in [6, 6.07) is 12.5. The fraction of sp³-hybridized carbons (Fsp3) is 0.292. The molecular formula is C24H27N5O4. The van der Waals surface area contributed by atoms with Crippen LogP contribution in [0.15, 0.2) is 59.7 Å². The Morgan fingerprint density at radius 3 is 2.36 bits per heavy atom. The fourth-order valence-corrected chi connectivity index (χ4v) is 3.18. The third-order valence-corrected chi connectivity index (χ3v) is 4.87. The molecule has 1 aromatic carbocycles. The van der Waals surface area contributed by atoms with Gasteiger partial charge in [-0.15, -0.1) is 0 Å².